The minimum Gasteiger partial charge on any atom is -0.394 e. The lowest BCUT2D eigenvalue weighted by atomic mass is 9.97. The minimum atomic E-state index is -1.79. The average molecular weight is 1320 g/mol. The van der Waals surface area contributed by atoms with Crippen LogP contribution in [0.15, 0.2) is 72.9 Å². The van der Waals surface area contributed by atoms with Crippen molar-refractivity contribution in [3.63, 3.8) is 0 Å². The second-order valence-electron chi connectivity index (χ2n) is 27.1. The highest BCUT2D eigenvalue weighted by atomic mass is 16.7. The van der Waals surface area contributed by atoms with Gasteiger partial charge in [0.1, 0.15) is 48.8 Å². The number of amides is 1. The van der Waals surface area contributed by atoms with Crippen LogP contribution in [-0.2, 0) is 23.7 Å². The SMILES string of the molecule is CC/C=C\C/C=C\C/C=C\C/C=C\C/C=C\CCCCCCCCCCCCCCCCCCCC(=O)NC(COC1OC(CO)C(OC2OC(CO)C(O)C(O)C2O)C(O)C1O)C(O)/C=C/CCCCCCCCCCCCCCCCCCCCCCCCCC. The molecule has 2 heterocycles. The van der Waals surface area contributed by atoms with Crippen molar-refractivity contribution in [2.24, 2.45) is 0 Å². The number of hydrogen-bond acceptors (Lipinski definition) is 13. The molecule has 542 valence electrons. The Hall–Kier alpha value is -2.57. The normalized spacial score (nSPS) is 22.9. The number of ether oxygens (including phenoxy) is 4. The summed E-state index contributed by atoms with van der Waals surface area (Å²) in [6.07, 6.45) is 69.7. The van der Waals surface area contributed by atoms with Crippen molar-refractivity contribution in [1.82, 2.24) is 5.32 Å². The smallest absolute Gasteiger partial charge is 0.220 e. The molecule has 2 aliphatic heterocycles. The summed E-state index contributed by atoms with van der Waals surface area (Å²) in [5.41, 5.74) is 0. The Kier molecular flexibility index (Phi) is 58.5. The van der Waals surface area contributed by atoms with Crippen LogP contribution in [-0.4, -0.2) is 140 Å². The molecule has 2 rings (SSSR count). The summed E-state index contributed by atoms with van der Waals surface area (Å²) in [5, 5.41) is 87.6. The number of carbonyl (C=O) groups is 1. The largest absolute Gasteiger partial charge is 0.394 e. The van der Waals surface area contributed by atoms with Crippen molar-refractivity contribution in [1.29, 1.82) is 0 Å². The Morgan fingerprint density at radius 3 is 1.14 bits per heavy atom. The minimum absolute atomic E-state index is 0.236. The first-order valence-electron chi connectivity index (χ1n) is 38.7. The third-order valence-corrected chi connectivity index (χ3v) is 18.6. The third-order valence-electron chi connectivity index (χ3n) is 18.6. The summed E-state index contributed by atoms with van der Waals surface area (Å²) >= 11 is 0. The van der Waals surface area contributed by atoms with E-state index in [1.54, 1.807) is 6.08 Å². The molecule has 93 heavy (non-hydrogen) atoms. The van der Waals surface area contributed by atoms with E-state index in [0.717, 1.165) is 70.6 Å². The van der Waals surface area contributed by atoms with Crippen molar-refractivity contribution in [2.75, 3.05) is 19.8 Å². The van der Waals surface area contributed by atoms with E-state index in [2.05, 4.69) is 79.9 Å². The van der Waals surface area contributed by atoms with E-state index in [-0.39, 0.29) is 18.9 Å². The number of rotatable bonds is 64. The summed E-state index contributed by atoms with van der Waals surface area (Å²) in [6.45, 7) is 2.73. The van der Waals surface area contributed by atoms with E-state index >= 15 is 0 Å². The fourth-order valence-corrected chi connectivity index (χ4v) is 12.6. The van der Waals surface area contributed by atoms with Crippen LogP contribution < -0.4 is 5.32 Å². The van der Waals surface area contributed by atoms with Crippen molar-refractivity contribution in [2.45, 2.75) is 402 Å². The average Bonchev–Trinajstić information content (AvgIpc) is 0.852. The molecule has 0 spiro atoms. The molecule has 0 saturated carbocycles. The lowest BCUT2D eigenvalue weighted by Crippen LogP contribution is -2.65. The topological polar surface area (TPSA) is 228 Å². The van der Waals surface area contributed by atoms with Gasteiger partial charge in [0.25, 0.3) is 0 Å². The predicted molar refractivity (Wildman–Crippen MR) is 383 cm³/mol. The van der Waals surface area contributed by atoms with Crippen LogP contribution in [0.2, 0.25) is 0 Å². The molecule has 12 unspecified atom stereocenters. The molecular formula is C79H143NO13. The molecule has 14 nitrogen and oxygen atoms in total. The van der Waals surface area contributed by atoms with Crippen LogP contribution in [0.5, 0.6) is 0 Å². The summed E-state index contributed by atoms with van der Waals surface area (Å²) < 4.78 is 22.9. The van der Waals surface area contributed by atoms with Gasteiger partial charge in [-0.25, -0.2) is 0 Å². The second kappa shape index (κ2) is 62.9. The van der Waals surface area contributed by atoms with Gasteiger partial charge in [0.05, 0.1) is 32.0 Å². The van der Waals surface area contributed by atoms with Crippen molar-refractivity contribution in [3.8, 4) is 0 Å². The Bertz CT molecular complexity index is 1840. The molecule has 14 heteroatoms. The van der Waals surface area contributed by atoms with Crippen LogP contribution in [0, 0.1) is 0 Å². The molecule has 0 aromatic heterocycles. The molecule has 0 radical (unpaired) electrons. The number of carbonyl (C=O) groups excluding carboxylic acids is 1. The van der Waals surface area contributed by atoms with Crippen LogP contribution >= 0.6 is 0 Å². The second-order valence-corrected chi connectivity index (χ2v) is 27.1. The lowest BCUT2D eigenvalue weighted by Gasteiger charge is -2.46. The quantitative estimate of drug-likeness (QED) is 0.0204. The fraction of sp³-hybridized carbons (Fsp3) is 0.835. The molecule has 1 amide bonds. The molecule has 2 saturated heterocycles. The highest BCUT2D eigenvalue weighted by Gasteiger charge is 2.51. The van der Waals surface area contributed by atoms with Crippen molar-refractivity contribution in [3.05, 3.63) is 72.9 Å². The van der Waals surface area contributed by atoms with Crippen molar-refractivity contribution < 1.29 is 64.6 Å². The van der Waals surface area contributed by atoms with Gasteiger partial charge in [0.2, 0.25) is 5.91 Å². The number of nitrogens with one attached hydrogen (secondary N) is 1. The van der Waals surface area contributed by atoms with Gasteiger partial charge in [-0.2, -0.15) is 0 Å². The van der Waals surface area contributed by atoms with Gasteiger partial charge in [-0.05, 0) is 64.2 Å². The fourth-order valence-electron chi connectivity index (χ4n) is 12.6. The zero-order valence-electron chi connectivity index (χ0n) is 59.2. The van der Waals surface area contributed by atoms with Gasteiger partial charge < -0.3 is 65.1 Å². The van der Waals surface area contributed by atoms with Gasteiger partial charge in [-0.15, -0.1) is 0 Å². The van der Waals surface area contributed by atoms with Crippen molar-refractivity contribution >= 4 is 5.91 Å². The van der Waals surface area contributed by atoms with E-state index in [0.29, 0.717) is 6.42 Å². The van der Waals surface area contributed by atoms with Crippen LogP contribution in [0.3, 0.4) is 0 Å². The summed E-state index contributed by atoms with van der Waals surface area (Å²) in [4.78, 5) is 13.4. The molecular weight excluding hydrogens is 1170 g/mol. The van der Waals surface area contributed by atoms with E-state index < -0.39 is 86.8 Å². The number of allylic oxidation sites excluding steroid dienone is 11. The first-order chi connectivity index (χ1) is 45.6. The lowest BCUT2D eigenvalue weighted by molar-refractivity contribution is -0.359. The highest BCUT2D eigenvalue weighted by Crippen LogP contribution is 2.30. The Balaban J connectivity index is 1.63. The molecule has 2 fully saturated rings. The number of aliphatic hydroxyl groups excluding tert-OH is 8. The molecule has 0 bridgehead atoms. The van der Waals surface area contributed by atoms with E-state index in [1.165, 1.54) is 231 Å². The maximum absolute atomic E-state index is 13.4. The molecule has 0 aromatic carbocycles. The number of hydrogen-bond donors (Lipinski definition) is 9. The van der Waals surface area contributed by atoms with Gasteiger partial charge >= 0.3 is 0 Å². The Morgan fingerprint density at radius 1 is 0.398 bits per heavy atom. The molecule has 0 aliphatic carbocycles. The van der Waals surface area contributed by atoms with Gasteiger partial charge in [0, 0.05) is 6.42 Å². The zero-order chi connectivity index (χ0) is 67.3. The summed E-state index contributed by atoms with van der Waals surface area (Å²) in [5.74, 6) is -0.236. The molecule has 2 aliphatic rings. The van der Waals surface area contributed by atoms with Gasteiger partial charge in [-0.3, -0.25) is 4.79 Å². The highest BCUT2D eigenvalue weighted by molar-refractivity contribution is 5.76. The first kappa shape index (κ1) is 86.5. The number of aliphatic hydroxyl groups is 8. The first-order valence-corrected chi connectivity index (χ1v) is 38.7. The summed E-state index contributed by atoms with van der Waals surface area (Å²) in [7, 11) is 0. The van der Waals surface area contributed by atoms with E-state index in [1.807, 2.05) is 6.08 Å². The van der Waals surface area contributed by atoms with Gasteiger partial charge in [0.15, 0.2) is 12.6 Å². The predicted octanol–water partition coefficient (Wildman–Crippen LogP) is 17.0. The monoisotopic (exact) mass is 1310 g/mol. The maximum atomic E-state index is 13.4. The Labute approximate surface area is 568 Å². The molecule has 12 atom stereocenters. The van der Waals surface area contributed by atoms with Crippen LogP contribution in [0.4, 0.5) is 0 Å². The van der Waals surface area contributed by atoms with E-state index in [9.17, 15) is 45.6 Å². The summed E-state index contributed by atoms with van der Waals surface area (Å²) in [6, 6.07) is -0.918. The maximum Gasteiger partial charge on any atom is 0.220 e. The Morgan fingerprint density at radius 2 is 0.742 bits per heavy atom. The standard InChI is InChI=1S/C79H143NO13/c1-3-5-7-9-11-13-15-17-19-21-23-25-27-29-31-32-33-34-35-36-37-39-41-43-45-47-49-51-53-55-57-59-61-63-71(84)80-67(66-90-78-76(89)74(87)77(70(65-82)92-78)93-79-75(88)73(86)72(85)69(64-81)91-79)68(83)62-60-58-56-54-52-50-48-46-44-42-40-38-30-28-26-24-22-20-18-16-14-12-10-8-6-4-2/h5,7,11,13,17,19,23,25,29,31,60,62,67-70,72-79,81-83,85-89H,3-4,6,8-10,12,14-16,18,20-22,24,26-28,30,32-59,61,63-66H2,1-2H3,(H,80,84)/b7-5-,13-11-,19-17-,25-23-,31-29-,62-60+. The van der Waals surface area contributed by atoms with E-state index in [4.69, 9.17) is 18.9 Å². The third kappa shape index (κ3) is 46.4. The molecule has 0 aromatic rings. The van der Waals surface area contributed by atoms with Crippen LogP contribution in [0.1, 0.15) is 328 Å². The zero-order valence-corrected chi connectivity index (χ0v) is 59.2. The number of unbranched alkanes of at least 4 members (excludes halogenated alkanes) is 41. The van der Waals surface area contributed by atoms with Crippen LogP contribution in [0.25, 0.3) is 0 Å². The van der Waals surface area contributed by atoms with Gasteiger partial charge in [-0.1, -0.05) is 331 Å². The molecule has 9 N–H and O–H groups in total.